The summed E-state index contributed by atoms with van der Waals surface area (Å²) >= 11 is 0. The van der Waals surface area contributed by atoms with Crippen LogP contribution in [-0.2, 0) is 4.79 Å². The van der Waals surface area contributed by atoms with Crippen LogP contribution in [0, 0.1) is 0 Å². The molecule has 2 aromatic rings. The number of likely N-dealkylation sites (tertiary alicyclic amines) is 1. The van der Waals surface area contributed by atoms with Crippen molar-refractivity contribution in [2.75, 3.05) is 32.1 Å². The topological polar surface area (TPSA) is 78.8 Å². The third-order valence-corrected chi connectivity index (χ3v) is 4.18. The summed E-state index contributed by atoms with van der Waals surface area (Å²) < 4.78 is 5.81. The molecule has 7 nitrogen and oxygen atoms in total. The molecule has 1 fully saturated rings. The van der Waals surface area contributed by atoms with E-state index in [-0.39, 0.29) is 12.0 Å². The number of aliphatic hydroxyl groups is 1. The van der Waals surface area contributed by atoms with E-state index in [1.165, 1.54) is 0 Å². The van der Waals surface area contributed by atoms with Gasteiger partial charge in [0.05, 0.1) is 6.54 Å². The van der Waals surface area contributed by atoms with Crippen molar-refractivity contribution in [3.05, 3.63) is 48.0 Å². The molecule has 1 aromatic carbocycles. The molecule has 2 unspecified atom stereocenters. The summed E-state index contributed by atoms with van der Waals surface area (Å²) in [5.74, 6) is 0.890. The third-order valence-electron chi connectivity index (χ3n) is 4.18. The Morgan fingerprint density at radius 3 is 2.64 bits per heavy atom. The van der Waals surface area contributed by atoms with Gasteiger partial charge in [-0.1, -0.05) is 30.3 Å². The number of nitrogens with zero attached hydrogens (tertiary/aromatic N) is 4. The number of rotatable bonds is 5. The van der Waals surface area contributed by atoms with E-state index in [1.807, 2.05) is 31.1 Å². The molecule has 0 aliphatic carbocycles. The Kier molecular flexibility index (Phi) is 5.14. The second-order valence-corrected chi connectivity index (χ2v) is 6.25. The van der Waals surface area contributed by atoms with E-state index in [0.717, 1.165) is 5.82 Å². The molecule has 3 rings (SSSR count). The minimum Gasteiger partial charge on any atom is -0.471 e. The maximum absolute atomic E-state index is 12.5. The van der Waals surface area contributed by atoms with Crippen molar-refractivity contribution in [2.45, 2.75) is 18.6 Å². The van der Waals surface area contributed by atoms with Crippen molar-refractivity contribution >= 4 is 11.7 Å². The fourth-order valence-electron chi connectivity index (χ4n) is 2.76. The van der Waals surface area contributed by atoms with Crippen LogP contribution in [0.2, 0.25) is 0 Å². The Morgan fingerprint density at radius 2 is 2.00 bits per heavy atom. The SMILES string of the molecule is CN(C)c1ccc(OC2CCN(C(=O)C(O)c3ccccc3)C2)nn1. The molecule has 0 radical (unpaired) electrons. The molecule has 1 aromatic heterocycles. The van der Waals surface area contributed by atoms with Crippen LogP contribution >= 0.6 is 0 Å². The van der Waals surface area contributed by atoms with Crippen molar-refractivity contribution in [3.63, 3.8) is 0 Å². The maximum atomic E-state index is 12.5. The monoisotopic (exact) mass is 342 g/mol. The zero-order chi connectivity index (χ0) is 17.8. The van der Waals surface area contributed by atoms with E-state index in [2.05, 4.69) is 10.2 Å². The molecule has 7 heteroatoms. The van der Waals surface area contributed by atoms with E-state index in [1.54, 1.807) is 35.2 Å². The van der Waals surface area contributed by atoms with Gasteiger partial charge in [-0.3, -0.25) is 4.79 Å². The number of carbonyl (C=O) groups is 1. The average Bonchev–Trinajstić information content (AvgIpc) is 3.10. The average molecular weight is 342 g/mol. The number of amides is 1. The summed E-state index contributed by atoms with van der Waals surface area (Å²) in [6.07, 6.45) is -0.588. The van der Waals surface area contributed by atoms with E-state index in [0.29, 0.717) is 31.0 Å². The smallest absolute Gasteiger partial charge is 0.256 e. The predicted octanol–water partition coefficient (Wildman–Crippen LogP) is 1.26. The number of hydrogen-bond donors (Lipinski definition) is 1. The van der Waals surface area contributed by atoms with Crippen molar-refractivity contribution in [1.29, 1.82) is 0 Å². The first-order chi connectivity index (χ1) is 12.0. The van der Waals surface area contributed by atoms with Gasteiger partial charge in [0.1, 0.15) is 6.10 Å². The molecule has 1 aliphatic rings. The van der Waals surface area contributed by atoms with Crippen molar-refractivity contribution in [1.82, 2.24) is 15.1 Å². The highest BCUT2D eigenvalue weighted by Gasteiger charge is 2.31. The third kappa shape index (κ3) is 4.06. The van der Waals surface area contributed by atoms with Crippen LogP contribution in [0.25, 0.3) is 0 Å². The highest BCUT2D eigenvalue weighted by molar-refractivity contribution is 5.82. The van der Waals surface area contributed by atoms with Crippen LogP contribution in [0.1, 0.15) is 18.1 Å². The van der Waals surface area contributed by atoms with Gasteiger partial charge in [0.2, 0.25) is 5.88 Å². The normalized spacial score (nSPS) is 18.0. The van der Waals surface area contributed by atoms with Crippen LogP contribution in [0.15, 0.2) is 42.5 Å². The lowest BCUT2D eigenvalue weighted by Crippen LogP contribution is -2.34. The minimum atomic E-state index is -1.14. The minimum absolute atomic E-state index is 0.147. The van der Waals surface area contributed by atoms with Gasteiger partial charge in [-0.15, -0.1) is 10.2 Å². The molecule has 0 bridgehead atoms. The van der Waals surface area contributed by atoms with Crippen LogP contribution in [-0.4, -0.2) is 59.4 Å². The summed E-state index contributed by atoms with van der Waals surface area (Å²) in [7, 11) is 3.78. The number of carbonyl (C=O) groups excluding carboxylic acids is 1. The van der Waals surface area contributed by atoms with Crippen molar-refractivity contribution < 1.29 is 14.6 Å². The van der Waals surface area contributed by atoms with E-state index in [9.17, 15) is 9.90 Å². The van der Waals surface area contributed by atoms with Gasteiger partial charge >= 0.3 is 0 Å². The molecule has 2 heterocycles. The second-order valence-electron chi connectivity index (χ2n) is 6.25. The first-order valence-electron chi connectivity index (χ1n) is 8.24. The molecule has 1 aliphatic heterocycles. The predicted molar refractivity (Wildman–Crippen MR) is 93.4 cm³/mol. The molecule has 1 saturated heterocycles. The number of aromatic nitrogens is 2. The zero-order valence-corrected chi connectivity index (χ0v) is 14.4. The zero-order valence-electron chi connectivity index (χ0n) is 14.4. The number of aliphatic hydroxyl groups excluding tert-OH is 1. The van der Waals surface area contributed by atoms with Crippen LogP contribution in [0.5, 0.6) is 5.88 Å². The largest absolute Gasteiger partial charge is 0.471 e. The van der Waals surface area contributed by atoms with Gasteiger partial charge in [-0.05, 0) is 11.6 Å². The Bertz CT molecular complexity index is 706. The Labute approximate surface area is 146 Å². The molecular weight excluding hydrogens is 320 g/mol. The lowest BCUT2D eigenvalue weighted by Gasteiger charge is -2.20. The number of ether oxygens (including phenoxy) is 1. The molecule has 25 heavy (non-hydrogen) atoms. The lowest BCUT2D eigenvalue weighted by atomic mass is 10.1. The van der Waals surface area contributed by atoms with Gasteiger partial charge in [0.25, 0.3) is 5.91 Å². The van der Waals surface area contributed by atoms with Crippen molar-refractivity contribution in [3.8, 4) is 5.88 Å². The molecule has 2 atom stereocenters. The van der Waals surface area contributed by atoms with E-state index >= 15 is 0 Å². The Balaban J connectivity index is 1.57. The maximum Gasteiger partial charge on any atom is 0.256 e. The lowest BCUT2D eigenvalue weighted by molar-refractivity contribution is -0.139. The quantitative estimate of drug-likeness (QED) is 0.881. The van der Waals surface area contributed by atoms with Gasteiger partial charge in [0, 0.05) is 33.1 Å². The van der Waals surface area contributed by atoms with Crippen LogP contribution in [0.4, 0.5) is 5.82 Å². The van der Waals surface area contributed by atoms with Crippen LogP contribution in [0.3, 0.4) is 0 Å². The highest BCUT2D eigenvalue weighted by atomic mass is 16.5. The molecule has 132 valence electrons. The number of benzene rings is 1. The Hall–Kier alpha value is -2.67. The van der Waals surface area contributed by atoms with Gasteiger partial charge in [-0.2, -0.15) is 0 Å². The van der Waals surface area contributed by atoms with Gasteiger partial charge in [0.15, 0.2) is 11.9 Å². The molecule has 0 spiro atoms. The fraction of sp³-hybridized carbons (Fsp3) is 0.389. The van der Waals surface area contributed by atoms with E-state index in [4.69, 9.17) is 4.74 Å². The summed E-state index contributed by atoms with van der Waals surface area (Å²) in [6.45, 7) is 0.983. The number of anilines is 1. The highest BCUT2D eigenvalue weighted by Crippen LogP contribution is 2.21. The van der Waals surface area contributed by atoms with Gasteiger partial charge < -0.3 is 19.6 Å². The molecule has 1 N–H and O–H groups in total. The second kappa shape index (κ2) is 7.48. The summed E-state index contributed by atoms with van der Waals surface area (Å²) in [5.41, 5.74) is 0.599. The summed E-state index contributed by atoms with van der Waals surface area (Å²) in [4.78, 5) is 15.9. The molecule has 0 saturated carbocycles. The standard InChI is InChI=1S/C18H22N4O3/c1-21(2)15-8-9-16(20-19-15)25-14-10-11-22(12-14)18(24)17(23)13-6-4-3-5-7-13/h3-9,14,17,23H,10-12H2,1-2H3. The number of hydrogen-bond acceptors (Lipinski definition) is 6. The molecular formula is C18H22N4O3. The van der Waals surface area contributed by atoms with Crippen LogP contribution < -0.4 is 9.64 Å². The van der Waals surface area contributed by atoms with E-state index < -0.39 is 6.10 Å². The Morgan fingerprint density at radius 1 is 1.24 bits per heavy atom. The first kappa shape index (κ1) is 17.2. The fourth-order valence-corrected chi connectivity index (χ4v) is 2.76. The van der Waals surface area contributed by atoms with Gasteiger partial charge in [-0.25, -0.2) is 0 Å². The molecule has 1 amide bonds. The van der Waals surface area contributed by atoms with Crippen molar-refractivity contribution in [2.24, 2.45) is 0 Å². The summed E-state index contributed by atoms with van der Waals surface area (Å²) in [6, 6.07) is 12.5. The summed E-state index contributed by atoms with van der Waals surface area (Å²) in [5, 5.41) is 18.4. The first-order valence-corrected chi connectivity index (χ1v) is 8.24.